The normalized spacial score (nSPS) is 32.1. The van der Waals surface area contributed by atoms with Gasteiger partial charge in [0.05, 0.1) is 25.3 Å². The van der Waals surface area contributed by atoms with Crippen LogP contribution in [0.1, 0.15) is 19.8 Å². The molecule has 0 aromatic heterocycles. The lowest BCUT2D eigenvalue weighted by Crippen LogP contribution is -2.51. The van der Waals surface area contributed by atoms with E-state index in [1.165, 1.54) is 0 Å². The number of guanidine groups is 1. The Morgan fingerprint density at radius 2 is 2.31 bits per heavy atom. The monoisotopic (exact) mass is 341 g/mol. The highest BCUT2D eigenvalue weighted by Gasteiger charge is 2.31. The Morgan fingerprint density at radius 1 is 1.56 bits per heavy atom. The first-order chi connectivity index (χ1) is 7.31. The van der Waals surface area contributed by atoms with Crippen LogP contribution in [0, 0.1) is 0 Å². The minimum Gasteiger partial charge on any atom is -0.394 e. The molecular weight excluding hydrogens is 321 g/mol. The molecule has 2 aliphatic rings. The summed E-state index contributed by atoms with van der Waals surface area (Å²) in [4.78, 5) is 4.27. The molecule has 6 heteroatoms. The number of rotatable bonds is 4. The van der Waals surface area contributed by atoms with Crippen molar-refractivity contribution in [3.8, 4) is 0 Å². The van der Waals surface area contributed by atoms with Gasteiger partial charge in [0.25, 0.3) is 0 Å². The number of aliphatic hydroxyl groups is 1. The van der Waals surface area contributed by atoms with E-state index < -0.39 is 0 Å². The lowest BCUT2D eigenvalue weighted by molar-refractivity contribution is -0.00576. The zero-order valence-corrected chi connectivity index (χ0v) is 11.8. The van der Waals surface area contributed by atoms with Gasteiger partial charge < -0.3 is 20.5 Å². The predicted molar refractivity (Wildman–Crippen MR) is 73.3 cm³/mol. The molecular formula is C10H20IN3O2. The zero-order chi connectivity index (χ0) is 10.7. The van der Waals surface area contributed by atoms with Crippen molar-refractivity contribution < 1.29 is 9.84 Å². The van der Waals surface area contributed by atoms with E-state index in [1.807, 2.05) is 6.92 Å². The SMILES string of the molecule is CCOC1CC(NC2=NC[C@@H](CO)N2)C1.I. The smallest absolute Gasteiger partial charge is 0.191 e. The molecule has 94 valence electrons. The Kier molecular flexibility index (Phi) is 5.77. The summed E-state index contributed by atoms with van der Waals surface area (Å²) >= 11 is 0. The molecule has 1 atom stereocenters. The van der Waals surface area contributed by atoms with Gasteiger partial charge in [-0.05, 0) is 19.8 Å². The average molecular weight is 341 g/mol. The quantitative estimate of drug-likeness (QED) is 0.634. The summed E-state index contributed by atoms with van der Waals surface area (Å²) in [5.41, 5.74) is 0. The van der Waals surface area contributed by atoms with Gasteiger partial charge >= 0.3 is 0 Å². The molecule has 2 rings (SSSR count). The van der Waals surface area contributed by atoms with Crippen molar-refractivity contribution in [2.75, 3.05) is 19.8 Å². The highest BCUT2D eigenvalue weighted by molar-refractivity contribution is 14.0. The maximum Gasteiger partial charge on any atom is 0.191 e. The molecule has 0 aromatic rings. The standard InChI is InChI=1S/C10H19N3O2.HI/c1-2-15-9-3-7(4-9)12-10-11-5-8(6-14)13-10;/h7-9,14H,2-6H2,1H3,(H2,11,12,13);1H/t7?,8-,9?;/m0./s1. The molecule has 0 radical (unpaired) electrons. The third kappa shape index (κ3) is 3.46. The molecule has 1 aliphatic heterocycles. The molecule has 0 saturated heterocycles. The van der Waals surface area contributed by atoms with Gasteiger partial charge in [-0.1, -0.05) is 0 Å². The van der Waals surface area contributed by atoms with Gasteiger partial charge in [-0.3, -0.25) is 4.99 Å². The van der Waals surface area contributed by atoms with Crippen LogP contribution in [0.3, 0.4) is 0 Å². The van der Waals surface area contributed by atoms with E-state index in [0.717, 1.165) is 25.4 Å². The number of nitrogens with one attached hydrogen (secondary N) is 2. The lowest BCUT2D eigenvalue weighted by atomic mass is 9.89. The van der Waals surface area contributed by atoms with Crippen molar-refractivity contribution in [3.63, 3.8) is 0 Å². The molecule has 3 N–H and O–H groups in total. The Bertz CT molecular complexity index is 244. The molecule has 16 heavy (non-hydrogen) atoms. The molecule has 0 unspecified atom stereocenters. The van der Waals surface area contributed by atoms with Gasteiger partial charge in [-0.2, -0.15) is 0 Å². The summed E-state index contributed by atoms with van der Waals surface area (Å²) in [5, 5.41) is 15.4. The molecule has 0 bridgehead atoms. The maximum absolute atomic E-state index is 8.92. The minimum atomic E-state index is 0. The minimum absolute atomic E-state index is 0. The fourth-order valence-corrected chi connectivity index (χ4v) is 1.93. The average Bonchev–Trinajstić information content (AvgIpc) is 2.62. The summed E-state index contributed by atoms with van der Waals surface area (Å²) in [6.45, 7) is 3.62. The van der Waals surface area contributed by atoms with E-state index in [-0.39, 0.29) is 36.6 Å². The van der Waals surface area contributed by atoms with Gasteiger partial charge in [0, 0.05) is 12.6 Å². The number of hydrogen-bond acceptors (Lipinski definition) is 5. The number of hydrogen-bond donors (Lipinski definition) is 3. The Balaban J connectivity index is 0.00000128. The Hall–Kier alpha value is -0.0800. The van der Waals surface area contributed by atoms with Crippen LogP contribution in [-0.2, 0) is 4.74 Å². The van der Waals surface area contributed by atoms with Crippen molar-refractivity contribution in [3.05, 3.63) is 0 Å². The number of halogens is 1. The highest BCUT2D eigenvalue weighted by Crippen LogP contribution is 2.23. The van der Waals surface area contributed by atoms with Crippen LogP contribution in [0.2, 0.25) is 0 Å². The second kappa shape index (κ2) is 6.61. The summed E-state index contributed by atoms with van der Waals surface area (Å²) in [5.74, 6) is 0.828. The van der Waals surface area contributed by atoms with E-state index >= 15 is 0 Å². The molecule has 1 aliphatic carbocycles. The maximum atomic E-state index is 8.92. The van der Waals surface area contributed by atoms with E-state index in [1.54, 1.807) is 0 Å². The van der Waals surface area contributed by atoms with Crippen LogP contribution in [0.15, 0.2) is 4.99 Å². The van der Waals surface area contributed by atoms with Crippen LogP contribution in [-0.4, -0.2) is 49.0 Å². The van der Waals surface area contributed by atoms with Crippen LogP contribution in [0.5, 0.6) is 0 Å². The number of aliphatic imine (C=N–C) groups is 1. The van der Waals surface area contributed by atoms with Crippen molar-refractivity contribution in [2.45, 2.75) is 38.0 Å². The van der Waals surface area contributed by atoms with Crippen molar-refractivity contribution in [1.29, 1.82) is 0 Å². The van der Waals surface area contributed by atoms with E-state index in [2.05, 4.69) is 15.6 Å². The van der Waals surface area contributed by atoms with E-state index in [9.17, 15) is 0 Å². The van der Waals surface area contributed by atoms with E-state index in [4.69, 9.17) is 9.84 Å². The van der Waals surface area contributed by atoms with Crippen LogP contribution in [0.4, 0.5) is 0 Å². The second-order valence-corrected chi connectivity index (χ2v) is 4.10. The van der Waals surface area contributed by atoms with Gasteiger partial charge in [0.2, 0.25) is 0 Å². The van der Waals surface area contributed by atoms with Crippen molar-refractivity contribution in [1.82, 2.24) is 10.6 Å². The largest absolute Gasteiger partial charge is 0.394 e. The first-order valence-corrected chi connectivity index (χ1v) is 5.61. The van der Waals surface area contributed by atoms with Crippen molar-refractivity contribution >= 4 is 29.9 Å². The van der Waals surface area contributed by atoms with Gasteiger partial charge in [0.15, 0.2) is 5.96 Å². The second-order valence-electron chi connectivity index (χ2n) is 4.10. The van der Waals surface area contributed by atoms with Crippen LogP contribution in [0.25, 0.3) is 0 Å². The number of aliphatic hydroxyl groups excluding tert-OH is 1. The Morgan fingerprint density at radius 3 is 2.88 bits per heavy atom. The van der Waals surface area contributed by atoms with Gasteiger partial charge in [0.1, 0.15) is 0 Å². The topological polar surface area (TPSA) is 65.9 Å². The molecule has 0 spiro atoms. The third-order valence-corrected chi connectivity index (χ3v) is 2.87. The molecule has 1 saturated carbocycles. The molecule has 0 aromatic carbocycles. The van der Waals surface area contributed by atoms with E-state index in [0.29, 0.717) is 18.7 Å². The molecule has 1 fully saturated rings. The highest BCUT2D eigenvalue weighted by atomic mass is 127. The predicted octanol–water partition coefficient (Wildman–Crippen LogP) is 0.0816. The van der Waals surface area contributed by atoms with Crippen LogP contribution < -0.4 is 10.6 Å². The summed E-state index contributed by atoms with van der Waals surface area (Å²) in [6, 6.07) is 0.570. The fraction of sp³-hybridized carbons (Fsp3) is 0.900. The molecule has 1 heterocycles. The first kappa shape index (κ1) is 14.0. The fourth-order valence-electron chi connectivity index (χ4n) is 1.93. The first-order valence-electron chi connectivity index (χ1n) is 5.61. The number of ether oxygens (including phenoxy) is 1. The summed E-state index contributed by atoms with van der Waals surface area (Å²) < 4.78 is 5.47. The van der Waals surface area contributed by atoms with Gasteiger partial charge in [-0.15, -0.1) is 24.0 Å². The molecule has 0 amide bonds. The van der Waals surface area contributed by atoms with Crippen LogP contribution >= 0.6 is 24.0 Å². The van der Waals surface area contributed by atoms with Crippen molar-refractivity contribution in [2.24, 2.45) is 4.99 Å². The molecule has 5 nitrogen and oxygen atoms in total. The number of nitrogens with zero attached hydrogens (tertiary/aromatic N) is 1. The van der Waals surface area contributed by atoms with Gasteiger partial charge in [-0.25, -0.2) is 0 Å². The summed E-state index contributed by atoms with van der Waals surface area (Å²) in [7, 11) is 0. The third-order valence-electron chi connectivity index (χ3n) is 2.87. The lowest BCUT2D eigenvalue weighted by Gasteiger charge is -2.35. The summed E-state index contributed by atoms with van der Waals surface area (Å²) in [6.07, 6.45) is 2.53. The zero-order valence-electron chi connectivity index (χ0n) is 9.48. The Labute approximate surface area is 113 Å².